The highest BCUT2D eigenvalue weighted by atomic mass is 35.5. The third kappa shape index (κ3) is 2.77. The Bertz CT molecular complexity index is 467. The maximum atomic E-state index is 12.1. The normalized spacial score (nSPS) is 18.3. The van der Waals surface area contributed by atoms with Crippen molar-refractivity contribution in [2.24, 2.45) is 5.73 Å². The van der Waals surface area contributed by atoms with Crippen LogP contribution in [0.15, 0.2) is 24.3 Å². The molecule has 1 fully saturated rings. The molecule has 1 aromatic rings. The summed E-state index contributed by atoms with van der Waals surface area (Å²) in [7, 11) is 0. The van der Waals surface area contributed by atoms with Crippen LogP contribution in [0.25, 0.3) is 0 Å². The summed E-state index contributed by atoms with van der Waals surface area (Å²) < 4.78 is 0. The Balaban J connectivity index is 0.00000162. The fourth-order valence-corrected chi connectivity index (χ4v) is 1.96. The predicted molar refractivity (Wildman–Crippen MR) is 68.8 cm³/mol. The van der Waals surface area contributed by atoms with Gasteiger partial charge in [-0.05, 0) is 12.5 Å². The molecule has 0 radical (unpaired) electrons. The molecule has 2 N–H and O–H groups in total. The Labute approximate surface area is 110 Å². The van der Waals surface area contributed by atoms with E-state index in [4.69, 9.17) is 5.73 Å². The minimum atomic E-state index is -0.538. The maximum absolute atomic E-state index is 12.1. The van der Waals surface area contributed by atoms with Crippen molar-refractivity contribution in [1.82, 2.24) is 4.90 Å². The summed E-state index contributed by atoms with van der Waals surface area (Å²) in [5, 5.41) is 10.8. The van der Waals surface area contributed by atoms with Crippen LogP contribution in [0.1, 0.15) is 16.8 Å². The van der Waals surface area contributed by atoms with Crippen molar-refractivity contribution in [3.63, 3.8) is 0 Å². The number of carbonyl (C=O) groups excluding carboxylic acids is 1. The van der Waals surface area contributed by atoms with Gasteiger partial charge in [0.05, 0.1) is 4.92 Å². The Morgan fingerprint density at radius 2 is 2.11 bits per heavy atom. The molecular weight excluding hydrogens is 258 g/mol. The lowest BCUT2D eigenvalue weighted by Crippen LogP contribution is -2.32. The Hall–Kier alpha value is -1.66. The van der Waals surface area contributed by atoms with E-state index in [1.807, 2.05) is 0 Å². The molecule has 0 unspecified atom stereocenters. The molecule has 0 bridgehead atoms. The van der Waals surface area contributed by atoms with Crippen molar-refractivity contribution in [3.8, 4) is 0 Å². The molecule has 18 heavy (non-hydrogen) atoms. The first-order valence-electron chi connectivity index (χ1n) is 5.38. The zero-order valence-corrected chi connectivity index (χ0v) is 10.4. The van der Waals surface area contributed by atoms with E-state index in [0.717, 1.165) is 6.42 Å². The monoisotopic (exact) mass is 271 g/mol. The SMILES string of the molecule is Cl.N[C@H]1CCN(C(=O)c2ccccc2[N+](=O)[O-])C1. The zero-order valence-electron chi connectivity index (χ0n) is 9.61. The number of rotatable bonds is 2. The number of para-hydroxylation sites is 1. The van der Waals surface area contributed by atoms with Crippen molar-refractivity contribution in [3.05, 3.63) is 39.9 Å². The van der Waals surface area contributed by atoms with Gasteiger partial charge in [-0.15, -0.1) is 12.4 Å². The van der Waals surface area contributed by atoms with Crippen LogP contribution in [-0.4, -0.2) is 34.9 Å². The van der Waals surface area contributed by atoms with Crippen LogP contribution in [0.4, 0.5) is 5.69 Å². The first-order chi connectivity index (χ1) is 8.09. The van der Waals surface area contributed by atoms with Crippen molar-refractivity contribution in [2.45, 2.75) is 12.5 Å². The molecule has 2 rings (SSSR count). The molecule has 6 nitrogen and oxygen atoms in total. The topological polar surface area (TPSA) is 89.5 Å². The van der Waals surface area contributed by atoms with Gasteiger partial charge in [0, 0.05) is 25.2 Å². The van der Waals surface area contributed by atoms with E-state index in [1.165, 1.54) is 12.1 Å². The molecule has 1 atom stereocenters. The van der Waals surface area contributed by atoms with E-state index in [9.17, 15) is 14.9 Å². The molecule has 1 aromatic carbocycles. The van der Waals surface area contributed by atoms with Gasteiger partial charge in [-0.2, -0.15) is 0 Å². The van der Waals surface area contributed by atoms with Gasteiger partial charge in [-0.25, -0.2) is 0 Å². The largest absolute Gasteiger partial charge is 0.337 e. The highest BCUT2D eigenvalue weighted by Gasteiger charge is 2.28. The number of carbonyl (C=O) groups is 1. The lowest BCUT2D eigenvalue weighted by Gasteiger charge is -2.15. The van der Waals surface area contributed by atoms with Gasteiger partial charge >= 0.3 is 0 Å². The number of nitro groups is 1. The van der Waals surface area contributed by atoms with Gasteiger partial charge in [-0.3, -0.25) is 14.9 Å². The number of nitro benzene ring substituents is 1. The lowest BCUT2D eigenvalue weighted by molar-refractivity contribution is -0.385. The van der Waals surface area contributed by atoms with Crippen molar-refractivity contribution >= 4 is 24.0 Å². The second kappa shape index (κ2) is 5.79. The van der Waals surface area contributed by atoms with Crippen LogP contribution in [-0.2, 0) is 0 Å². The fourth-order valence-electron chi connectivity index (χ4n) is 1.96. The lowest BCUT2D eigenvalue weighted by atomic mass is 10.1. The van der Waals surface area contributed by atoms with Crippen LogP contribution in [0.5, 0.6) is 0 Å². The standard InChI is InChI=1S/C11H13N3O3.ClH/c12-8-5-6-13(7-8)11(15)9-3-1-2-4-10(9)14(16)17;/h1-4,8H,5-7,12H2;1H/t8-;/m0./s1. The molecular formula is C11H14ClN3O3. The summed E-state index contributed by atoms with van der Waals surface area (Å²) in [5.41, 5.74) is 5.69. The number of hydrogen-bond acceptors (Lipinski definition) is 4. The molecule has 98 valence electrons. The van der Waals surface area contributed by atoms with Gasteiger partial charge in [-0.1, -0.05) is 12.1 Å². The van der Waals surface area contributed by atoms with Crippen LogP contribution in [0, 0.1) is 10.1 Å². The van der Waals surface area contributed by atoms with Crippen LogP contribution in [0.3, 0.4) is 0 Å². The number of nitrogens with zero attached hydrogens (tertiary/aromatic N) is 2. The number of nitrogens with two attached hydrogens (primary N) is 1. The van der Waals surface area contributed by atoms with E-state index < -0.39 is 4.92 Å². The molecule has 1 amide bonds. The molecule has 1 saturated heterocycles. The molecule has 0 spiro atoms. The van der Waals surface area contributed by atoms with E-state index in [-0.39, 0.29) is 35.6 Å². The highest BCUT2D eigenvalue weighted by Crippen LogP contribution is 2.21. The zero-order chi connectivity index (χ0) is 12.4. The number of likely N-dealkylation sites (tertiary alicyclic amines) is 1. The molecule has 0 saturated carbocycles. The Kier molecular flexibility index (Phi) is 4.63. The molecule has 0 aliphatic carbocycles. The van der Waals surface area contributed by atoms with Gasteiger partial charge in [0.15, 0.2) is 0 Å². The molecule has 7 heteroatoms. The first-order valence-corrected chi connectivity index (χ1v) is 5.38. The second-order valence-electron chi connectivity index (χ2n) is 4.07. The minimum Gasteiger partial charge on any atom is -0.337 e. The summed E-state index contributed by atoms with van der Waals surface area (Å²) in [6.45, 7) is 1.02. The van der Waals surface area contributed by atoms with Gasteiger partial charge in [0.25, 0.3) is 11.6 Å². The summed E-state index contributed by atoms with van der Waals surface area (Å²) in [4.78, 5) is 23.9. The van der Waals surface area contributed by atoms with Crippen molar-refractivity contribution in [1.29, 1.82) is 0 Å². The highest BCUT2D eigenvalue weighted by molar-refractivity contribution is 5.98. The molecule has 1 aliphatic rings. The summed E-state index contributed by atoms with van der Waals surface area (Å²) in [6.07, 6.45) is 0.742. The van der Waals surface area contributed by atoms with Gasteiger partial charge in [0.1, 0.15) is 5.56 Å². The quantitative estimate of drug-likeness (QED) is 0.646. The van der Waals surface area contributed by atoms with Gasteiger partial charge in [0.2, 0.25) is 0 Å². The average molecular weight is 272 g/mol. The molecule has 1 aliphatic heterocycles. The molecule has 0 aromatic heterocycles. The van der Waals surface area contributed by atoms with Crippen LogP contribution >= 0.6 is 12.4 Å². The number of hydrogen-bond donors (Lipinski definition) is 1. The summed E-state index contributed by atoms with van der Waals surface area (Å²) in [6, 6.07) is 5.95. The molecule has 1 heterocycles. The maximum Gasteiger partial charge on any atom is 0.282 e. The minimum absolute atomic E-state index is 0. The third-order valence-electron chi connectivity index (χ3n) is 2.84. The fraction of sp³-hybridized carbons (Fsp3) is 0.364. The van der Waals surface area contributed by atoms with E-state index in [2.05, 4.69) is 0 Å². The van der Waals surface area contributed by atoms with Crippen LogP contribution in [0.2, 0.25) is 0 Å². The van der Waals surface area contributed by atoms with Crippen LogP contribution < -0.4 is 5.73 Å². The second-order valence-corrected chi connectivity index (χ2v) is 4.07. The van der Waals surface area contributed by atoms with Crippen molar-refractivity contribution < 1.29 is 9.72 Å². The number of halogens is 1. The Morgan fingerprint density at radius 1 is 1.44 bits per heavy atom. The number of amides is 1. The third-order valence-corrected chi connectivity index (χ3v) is 2.84. The van der Waals surface area contributed by atoms with E-state index in [1.54, 1.807) is 17.0 Å². The van der Waals surface area contributed by atoms with Crippen molar-refractivity contribution in [2.75, 3.05) is 13.1 Å². The predicted octanol–water partition coefficient (Wildman–Crippen LogP) is 1.19. The van der Waals surface area contributed by atoms with Gasteiger partial charge < -0.3 is 10.6 Å². The number of benzene rings is 1. The average Bonchev–Trinajstić information content (AvgIpc) is 2.75. The van der Waals surface area contributed by atoms with E-state index >= 15 is 0 Å². The smallest absolute Gasteiger partial charge is 0.282 e. The summed E-state index contributed by atoms with van der Waals surface area (Å²) >= 11 is 0. The van der Waals surface area contributed by atoms with E-state index in [0.29, 0.717) is 13.1 Å². The summed E-state index contributed by atoms with van der Waals surface area (Å²) in [5.74, 6) is -0.315. The Morgan fingerprint density at radius 3 is 2.67 bits per heavy atom. The first kappa shape index (κ1) is 14.4.